The summed E-state index contributed by atoms with van der Waals surface area (Å²) in [6.07, 6.45) is 39.5. The second kappa shape index (κ2) is 36.1. The topological polar surface area (TPSA) is 67.8 Å². The van der Waals surface area contributed by atoms with Crippen LogP contribution in [-0.4, -0.2) is 36.6 Å². The van der Waals surface area contributed by atoms with Crippen molar-refractivity contribution in [1.82, 2.24) is 5.32 Å². The number of unbranched alkanes of at least 4 members (excludes halogenated alkanes) is 25. The van der Waals surface area contributed by atoms with Crippen molar-refractivity contribution in [3.8, 4) is 0 Å². The molecule has 0 radical (unpaired) electrons. The van der Waals surface area contributed by atoms with Crippen molar-refractivity contribution >= 4 is 5.91 Å². The Morgan fingerprint density at radius 1 is 0.653 bits per heavy atom. The molecule has 284 valence electrons. The summed E-state index contributed by atoms with van der Waals surface area (Å²) < 4.78 is 11.9. The second-order valence-electron chi connectivity index (χ2n) is 14.4. The number of carbonyl (C=O) groups excluding carboxylic acids is 1. The molecule has 1 aromatic carbocycles. The van der Waals surface area contributed by atoms with Crippen LogP contribution in [0, 0.1) is 0 Å². The molecule has 5 nitrogen and oxygen atoms in total. The lowest BCUT2D eigenvalue weighted by molar-refractivity contribution is -0.126. The van der Waals surface area contributed by atoms with Crippen LogP contribution in [0.25, 0.3) is 0 Å². The number of aliphatic hydroxyl groups is 1. The van der Waals surface area contributed by atoms with Crippen LogP contribution in [0.4, 0.5) is 0 Å². The van der Waals surface area contributed by atoms with Crippen LogP contribution >= 0.6 is 0 Å². The Hall–Kier alpha value is -1.69. The lowest BCUT2D eigenvalue weighted by Crippen LogP contribution is -2.46. The summed E-state index contributed by atoms with van der Waals surface area (Å²) in [4.78, 5) is 12.8. The van der Waals surface area contributed by atoms with E-state index < -0.39 is 12.1 Å². The van der Waals surface area contributed by atoms with E-state index in [0.717, 1.165) is 31.2 Å². The van der Waals surface area contributed by atoms with Crippen molar-refractivity contribution in [1.29, 1.82) is 0 Å². The van der Waals surface area contributed by atoms with Gasteiger partial charge in [0, 0.05) is 6.42 Å². The molecule has 0 fully saturated rings. The van der Waals surface area contributed by atoms with Gasteiger partial charge >= 0.3 is 0 Å². The minimum Gasteiger partial charge on any atom is -0.394 e. The van der Waals surface area contributed by atoms with Crippen LogP contribution in [0.2, 0.25) is 0 Å². The van der Waals surface area contributed by atoms with Gasteiger partial charge in [-0.25, -0.2) is 0 Å². The molecule has 49 heavy (non-hydrogen) atoms. The van der Waals surface area contributed by atoms with Crippen LogP contribution in [0.3, 0.4) is 0 Å². The molecule has 1 amide bonds. The highest BCUT2D eigenvalue weighted by Crippen LogP contribution is 2.15. The van der Waals surface area contributed by atoms with Gasteiger partial charge in [0.1, 0.15) is 12.9 Å². The number of aliphatic hydroxyl groups excluding tert-OH is 1. The number of ether oxygens (including phenoxy) is 2. The molecule has 0 saturated heterocycles. The van der Waals surface area contributed by atoms with Crippen molar-refractivity contribution < 1.29 is 19.4 Å². The molecule has 0 heterocycles. The largest absolute Gasteiger partial charge is 0.394 e. The van der Waals surface area contributed by atoms with E-state index in [2.05, 4.69) is 25.2 Å². The van der Waals surface area contributed by atoms with Gasteiger partial charge in [0.15, 0.2) is 0 Å². The van der Waals surface area contributed by atoms with E-state index >= 15 is 0 Å². The van der Waals surface area contributed by atoms with Crippen molar-refractivity contribution in [2.45, 2.75) is 212 Å². The monoisotopic (exact) mass is 686 g/mol. The first-order valence-corrected chi connectivity index (χ1v) is 21.0. The van der Waals surface area contributed by atoms with Crippen molar-refractivity contribution in [3.05, 3.63) is 48.0 Å². The van der Waals surface area contributed by atoms with E-state index in [1.54, 1.807) is 0 Å². The second-order valence-corrected chi connectivity index (χ2v) is 14.4. The van der Waals surface area contributed by atoms with Crippen molar-refractivity contribution in [2.24, 2.45) is 0 Å². The molecule has 5 heteroatoms. The maximum absolute atomic E-state index is 12.8. The summed E-state index contributed by atoms with van der Waals surface area (Å²) in [7, 11) is 0. The van der Waals surface area contributed by atoms with E-state index in [4.69, 9.17) is 9.47 Å². The van der Waals surface area contributed by atoms with Crippen LogP contribution in [0.5, 0.6) is 0 Å². The minimum absolute atomic E-state index is 0.00804. The fourth-order valence-corrected chi connectivity index (χ4v) is 6.49. The Balaban J connectivity index is 2.28. The highest BCUT2D eigenvalue weighted by molar-refractivity contribution is 5.76. The number of benzene rings is 1. The molecule has 0 spiro atoms. The summed E-state index contributed by atoms with van der Waals surface area (Å²) in [6, 6.07) is 9.55. The molecular formula is C44H79NO4. The number of carbonyl (C=O) groups is 1. The van der Waals surface area contributed by atoms with Crippen LogP contribution in [0.15, 0.2) is 42.5 Å². The van der Waals surface area contributed by atoms with Crippen molar-refractivity contribution in [2.75, 3.05) is 13.4 Å². The molecule has 0 aromatic heterocycles. The fraction of sp³-hybridized carbons (Fsp3) is 0.795. The third-order valence-corrected chi connectivity index (χ3v) is 9.70. The maximum Gasteiger partial charge on any atom is 0.220 e. The molecule has 0 unspecified atom stereocenters. The average molecular weight is 686 g/mol. The molecule has 0 bridgehead atoms. The van der Waals surface area contributed by atoms with Crippen molar-refractivity contribution in [3.63, 3.8) is 0 Å². The zero-order valence-electron chi connectivity index (χ0n) is 32.3. The predicted octanol–water partition coefficient (Wildman–Crippen LogP) is 12.5. The molecule has 2 atom stereocenters. The molecule has 0 saturated carbocycles. The van der Waals surface area contributed by atoms with Gasteiger partial charge in [-0.1, -0.05) is 210 Å². The average Bonchev–Trinajstić information content (AvgIpc) is 3.12. The molecule has 1 rings (SSSR count). The fourth-order valence-electron chi connectivity index (χ4n) is 6.49. The van der Waals surface area contributed by atoms with Gasteiger partial charge in [-0.15, -0.1) is 0 Å². The quantitative estimate of drug-likeness (QED) is 0.0415. The normalized spacial score (nSPS) is 12.9. The first kappa shape index (κ1) is 45.3. The number of allylic oxidation sites excluding steroid dienone is 1. The Morgan fingerprint density at radius 2 is 1.10 bits per heavy atom. The highest BCUT2D eigenvalue weighted by Gasteiger charge is 2.21. The van der Waals surface area contributed by atoms with E-state index in [-0.39, 0.29) is 19.3 Å². The van der Waals surface area contributed by atoms with Gasteiger partial charge in [0.05, 0.1) is 19.3 Å². The predicted molar refractivity (Wildman–Crippen MR) is 210 cm³/mol. The van der Waals surface area contributed by atoms with Gasteiger partial charge in [-0.2, -0.15) is 0 Å². The summed E-state index contributed by atoms with van der Waals surface area (Å²) >= 11 is 0. The molecule has 0 aliphatic carbocycles. The lowest BCUT2D eigenvalue weighted by Gasteiger charge is -2.24. The summed E-state index contributed by atoms with van der Waals surface area (Å²) in [5.74, 6) is -0.00804. The van der Waals surface area contributed by atoms with Crippen LogP contribution in [-0.2, 0) is 20.9 Å². The van der Waals surface area contributed by atoms with Gasteiger partial charge in [0.2, 0.25) is 5.91 Å². The van der Waals surface area contributed by atoms with Gasteiger partial charge in [-0.05, 0) is 24.8 Å². The third-order valence-electron chi connectivity index (χ3n) is 9.70. The van der Waals surface area contributed by atoms with Gasteiger partial charge in [0.25, 0.3) is 0 Å². The SMILES string of the molecule is CCCCCCCCCCCCC/C=C/[C@@H](OCOCc1ccccc1)[C@H](CO)NC(=O)CCCCCCCCCCCCCCCCC. The Kier molecular flexibility index (Phi) is 33.4. The first-order valence-electron chi connectivity index (χ1n) is 21.0. The Labute approximate surface area is 303 Å². The van der Waals surface area contributed by atoms with Gasteiger partial charge < -0.3 is 19.9 Å². The minimum atomic E-state index is -0.488. The lowest BCUT2D eigenvalue weighted by atomic mass is 10.0. The zero-order chi connectivity index (χ0) is 35.3. The molecule has 0 aliphatic heterocycles. The van der Waals surface area contributed by atoms with E-state index in [0.29, 0.717) is 13.0 Å². The molecule has 0 aliphatic rings. The molecular weight excluding hydrogens is 606 g/mol. The smallest absolute Gasteiger partial charge is 0.220 e. The molecule has 2 N–H and O–H groups in total. The number of nitrogens with one attached hydrogen (secondary N) is 1. The number of amides is 1. The maximum atomic E-state index is 12.8. The number of rotatable bonds is 37. The van der Waals surface area contributed by atoms with E-state index in [1.165, 1.54) is 148 Å². The summed E-state index contributed by atoms with van der Waals surface area (Å²) in [6.45, 7) is 4.95. The Morgan fingerprint density at radius 3 is 1.57 bits per heavy atom. The summed E-state index contributed by atoms with van der Waals surface area (Å²) in [5, 5.41) is 13.3. The Bertz CT molecular complexity index is 845. The summed E-state index contributed by atoms with van der Waals surface area (Å²) in [5.41, 5.74) is 1.09. The van der Waals surface area contributed by atoms with E-state index in [1.807, 2.05) is 36.4 Å². The van der Waals surface area contributed by atoms with Crippen LogP contribution < -0.4 is 5.32 Å². The standard InChI is InChI=1S/C44H79NO4/c1-3-5-7-9-11-13-15-17-18-20-22-24-26-28-33-37-44(47)45-42(38-46)43(49-40-48-39-41-34-30-29-31-35-41)36-32-27-25-23-21-19-16-14-12-10-8-6-4-2/h29-32,34-36,42-43,46H,3-28,33,37-40H2,1-2H3,(H,45,47)/b36-32+/t42-,43+/m0/s1. The van der Waals surface area contributed by atoms with Gasteiger partial charge in [-0.3, -0.25) is 4.79 Å². The zero-order valence-corrected chi connectivity index (χ0v) is 32.3. The third kappa shape index (κ3) is 29.7. The first-order chi connectivity index (χ1) is 24.2. The highest BCUT2D eigenvalue weighted by atomic mass is 16.7. The number of hydrogen-bond donors (Lipinski definition) is 2. The molecule has 1 aromatic rings. The van der Waals surface area contributed by atoms with Crippen LogP contribution in [0.1, 0.15) is 199 Å². The van der Waals surface area contributed by atoms with E-state index in [9.17, 15) is 9.90 Å². The number of hydrogen-bond acceptors (Lipinski definition) is 4.